The van der Waals surface area contributed by atoms with Crippen LogP contribution in [0.2, 0.25) is 0 Å². The Morgan fingerprint density at radius 1 is 1.12 bits per heavy atom. The number of hydrogen-bond donors (Lipinski definition) is 1. The lowest BCUT2D eigenvalue weighted by Crippen LogP contribution is -2.12. The van der Waals surface area contributed by atoms with E-state index in [9.17, 15) is 14.9 Å². The second kappa shape index (κ2) is 9.17. The number of ether oxygens (including phenoxy) is 1. The first-order chi connectivity index (χ1) is 15.5. The first-order valence-electron chi connectivity index (χ1n) is 9.84. The number of aromatic nitrogens is 2. The van der Waals surface area contributed by atoms with Gasteiger partial charge in [0, 0.05) is 18.3 Å². The van der Waals surface area contributed by atoms with Gasteiger partial charge in [-0.05, 0) is 36.2 Å². The smallest absolute Gasteiger partial charge is 0.310 e. The fourth-order valence-electron chi connectivity index (χ4n) is 3.11. The third kappa shape index (κ3) is 4.84. The Kier molecular flexibility index (Phi) is 5.98. The summed E-state index contributed by atoms with van der Waals surface area (Å²) in [5.41, 5.74) is 2.17. The molecule has 4 rings (SSSR count). The number of carbonyl (C=O) groups excluding carboxylic acids is 1. The van der Waals surface area contributed by atoms with Crippen LogP contribution in [0, 0.1) is 17.0 Å². The van der Waals surface area contributed by atoms with Crippen molar-refractivity contribution in [2.75, 3.05) is 5.32 Å². The highest BCUT2D eigenvalue weighted by molar-refractivity contribution is 6.01. The zero-order chi connectivity index (χ0) is 22.5. The second-order valence-corrected chi connectivity index (χ2v) is 7.06. The molecule has 0 aliphatic rings. The zero-order valence-electron chi connectivity index (χ0n) is 17.2. The molecule has 1 N–H and O–H groups in total. The molecule has 2 aromatic heterocycles. The van der Waals surface area contributed by atoms with Crippen molar-refractivity contribution < 1.29 is 18.9 Å². The normalized spacial score (nSPS) is 10.7. The van der Waals surface area contributed by atoms with Crippen molar-refractivity contribution in [3.8, 4) is 5.75 Å². The van der Waals surface area contributed by atoms with Crippen molar-refractivity contribution in [1.29, 1.82) is 0 Å². The quantitative estimate of drug-likeness (QED) is 0.322. The number of aryl methyl sites for hydroxylation is 1. The third-order valence-electron chi connectivity index (χ3n) is 4.79. The molecule has 2 heterocycles. The van der Waals surface area contributed by atoms with Gasteiger partial charge in [-0.1, -0.05) is 36.4 Å². The highest BCUT2D eigenvalue weighted by Gasteiger charge is 2.16. The van der Waals surface area contributed by atoms with Gasteiger partial charge in [-0.15, -0.1) is 0 Å². The molecule has 9 nitrogen and oxygen atoms in total. The number of hydrogen-bond acceptors (Lipinski definition) is 6. The van der Waals surface area contributed by atoms with E-state index in [1.807, 2.05) is 31.2 Å². The molecule has 0 aliphatic carbocycles. The van der Waals surface area contributed by atoms with Crippen molar-refractivity contribution >= 4 is 17.4 Å². The SMILES string of the molecule is Cc1ccccc1Cn1ccc(NC(=O)c2ccc(COc3ccccc3[N+](=O)[O-])o2)n1. The summed E-state index contributed by atoms with van der Waals surface area (Å²) in [5, 5.41) is 18.1. The van der Waals surface area contributed by atoms with Gasteiger partial charge in [0.15, 0.2) is 17.3 Å². The van der Waals surface area contributed by atoms with Crippen LogP contribution in [-0.4, -0.2) is 20.6 Å². The maximum atomic E-state index is 12.5. The van der Waals surface area contributed by atoms with Crippen molar-refractivity contribution in [2.45, 2.75) is 20.1 Å². The van der Waals surface area contributed by atoms with Crippen LogP contribution < -0.4 is 10.1 Å². The molecule has 0 unspecified atom stereocenters. The Bertz CT molecular complexity index is 1260. The van der Waals surface area contributed by atoms with Crippen molar-refractivity contribution in [1.82, 2.24) is 9.78 Å². The van der Waals surface area contributed by atoms with Gasteiger partial charge in [-0.25, -0.2) is 0 Å². The van der Waals surface area contributed by atoms with E-state index in [2.05, 4.69) is 10.4 Å². The third-order valence-corrected chi connectivity index (χ3v) is 4.79. The van der Waals surface area contributed by atoms with E-state index in [-0.39, 0.29) is 23.8 Å². The number of para-hydroxylation sites is 2. The molecule has 2 aromatic carbocycles. The number of rotatable bonds is 8. The molecule has 0 aliphatic heterocycles. The maximum absolute atomic E-state index is 12.5. The molecule has 0 radical (unpaired) electrons. The molecule has 0 fully saturated rings. The number of furan rings is 1. The fourth-order valence-corrected chi connectivity index (χ4v) is 3.11. The summed E-state index contributed by atoms with van der Waals surface area (Å²) < 4.78 is 12.7. The Morgan fingerprint density at radius 2 is 1.91 bits per heavy atom. The zero-order valence-corrected chi connectivity index (χ0v) is 17.2. The van der Waals surface area contributed by atoms with Gasteiger partial charge in [0.1, 0.15) is 12.4 Å². The van der Waals surface area contributed by atoms with E-state index in [0.717, 1.165) is 5.56 Å². The molecule has 0 atom stereocenters. The molecule has 0 spiro atoms. The van der Waals surface area contributed by atoms with E-state index >= 15 is 0 Å². The lowest BCUT2D eigenvalue weighted by Gasteiger charge is -2.05. The number of nitro benzene ring substituents is 1. The summed E-state index contributed by atoms with van der Waals surface area (Å²) in [6.45, 7) is 2.58. The predicted molar refractivity (Wildman–Crippen MR) is 117 cm³/mol. The van der Waals surface area contributed by atoms with E-state index in [4.69, 9.17) is 9.15 Å². The van der Waals surface area contributed by atoms with E-state index in [1.165, 1.54) is 23.8 Å². The standard InChI is InChI=1S/C23H20N4O5/c1-16-6-2-3-7-17(16)14-26-13-12-22(25-26)24-23(28)21-11-10-18(32-21)15-31-20-9-5-4-8-19(20)27(29)30/h2-13H,14-15H2,1H3,(H,24,25,28). The van der Waals surface area contributed by atoms with Gasteiger partial charge in [0.25, 0.3) is 5.91 Å². The van der Waals surface area contributed by atoms with Crippen LogP contribution in [0.15, 0.2) is 77.3 Å². The number of carbonyl (C=O) groups is 1. The molecule has 1 amide bonds. The minimum Gasteiger partial charge on any atom is -0.479 e. The molecule has 0 bridgehead atoms. The van der Waals surface area contributed by atoms with Crippen molar-refractivity contribution in [2.24, 2.45) is 0 Å². The van der Waals surface area contributed by atoms with E-state index in [1.54, 1.807) is 35.1 Å². The van der Waals surface area contributed by atoms with Crippen LogP contribution in [-0.2, 0) is 13.2 Å². The van der Waals surface area contributed by atoms with E-state index < -0.39 is 10.8 Å². The molecule has 0 saturated heterocycles. The molecule has 162 valence electrons. The van der Waals surface area contributed by atoms with Gasteiger partial charge in [0.2, 0.25) is 0 Å². The van der Waals surface area contributed by atoms with Crippen LogP contribution in [0.5, 0.6) is 5.75 Å². The lowest BCUT2D eigenvalue weighted by atomic mass is 10.1. The molecule has 9 heteroatoms. The molecule has 0 saturated carbocycles. The van der Waals surface area contributed by atoms with Crippen LogP contribution in [0.4, 0.5) is 11.5 Å². The summed E-state index contributed by atoms with van der Waals surface area (Å²) >= 11 is 0. The van der Waals surface area contributed by atoms with Crippen molar-refractivity contribution in [3.63, 3.8) is 0 Å². The van der Waals surface area contributed by atoms with Crippen molar-refractivity contribution in [3.05, 3.63) is 106 Å². The maximum Gasteiger partial charge on any atom is 0.310 e. The molecule has 32 heavy (non-hydrogen) atoms. The monoisotopic (exact) mass is 432 g/mol. The number of benzene rings is 2. The summed E-state index contributed by atoms with van der Waals surface area (Å²) in [5.74, 6) is 0.512. The van der Waals surface area contributed by atoms with Gasteiger partial charge < -0.3 is 14.5 Å². The fraction of sp³-hybridized carbons (Fsp3) is 0.130. The van der Waals surface area contributed by atoms with Crippen LogP contribution in [0.1, 0.15) is 27.4 Å². The summed E-state index contributed by atoms with van der Waals surface area (Å²) in [6.07, 6.45) is 1.79. The summed E-state index contributed by atoms with van der Waals surface area (Å²) in [4.78, 5) is 23.0. The molecular formula is C23H20N4O5. The van der Waals surface area contributed by atoms with Gasteiger partial charge in [-0.3, -0.25) is 19.6 Å². The van der Waals surface area contributed by atoms with Gasteiger partial charge >= 0.3 is 5.69 Å². The Hall–Kier alpha value is -4.40. The average molecular weight is 432 g/mol. The topological polar surface area (TPSA) is 112 Å². The predicted octanol–water partition coefficient (Wildman–Crippen LogP) is 4.57. The number of amides is 1. The molecule has 4 aromatic rings. The second-order valence-electron chi connectivity index (χ2n) is 7.06. The summed E-state index contributed by atoms with van der Waals surface area (Å²) in [7, 11) is 0. The van der Waals surface area contributed by atoms with Crippen LogP contribution >= 0.6 is 0 Å². The molecular weight excluding hydrogens is 412 g/mol. The van der Waals surface area contributed by atoms with Gasteiger partial charge in [0.05, 0.1) is 11.5 Å². The minimum atomic E-state index is -0.519. The minimum absolute atomic E-state index is 0.0524. The lowest BCUT2D eigenvalue weighted by molar-refractivity contribution is -0.386. The highest BCUT2D eigenvalue weighted by Crippen LogP contribution is 2.27. The van der Waals surface area contributed by atoms with Crippen LogP contribution in [0.3, 0.4) is 0 Å². The first kappa shape index (κ1) is 20.9. The number of nitro groups is 1. The average Bonchev–Trinajstić information content (AvgIpc) is 3.44. The highest BCUT2D eigenvalue weighted by atomic mass is 16.6. The number of nitrogens with zero attached hydrogens (tertiary/aromatic N) is 3. The number of nitrogens with one attached hydrogen (secondary N) is 1. The van der Waals surface area contributed by atoms with Gasteiger partial charge in [-0.2, -0.15) is 5.10 Å². The van der Waals surface area contributed by atoms with E-state index in [0.29, 0.717) is 18.1 Å². The first-order valence-corrected chi connectivity index (χ1v) is 9.84. The number of anilines is 1. The summed E-state index contributed by atoms with van der Waals surface area (Å²) in [6, 6.07) is 18.9. The Labute approximate surface area is 183 Å². The Morgan fingerprint density at radius 3 is 2.72 bits per heavy atom. The Balaban J connectivity index is 1.36. The largest absolute Gasteiger partial charge is 0.479 e. The van der Waals surface area contributed by atoms with Crippen LogP contribution in [0.25, 0.3) is 0 Å².